The van der Waals surface area contributed by atoms with Crippen LogP contribution < -0.4 is 0 Å². The Morgan fingerprint density at radius 3 is 1.67 bits per heavy atom. The highest BCUT2D eigenvalue weighted by Crippen LogP contribution is 2.36. The number of halogens is 2. The van der Waals surface area contributed by atoms with E-state index in [0.29, 0.717) is 43.0 Å². The molecule has 0 unspecified atom stereocenters. The Morgan fingerprint density at radius 1 is 0.778 bits per heavy atom. The van der Waals surface area contributed by atoms with Crippen molar-refractivity contribution in [2.75, 3.05) is 6.67 Å². The molecule has 1 heterocycles. The summed E-state index contributed by atoms with van der Waals surface area (Å²) >= 11 is 0. The monoisotopic (exact) mass is 374 g/mol. The van der Waals surface area contributed by atoms with E-state index in [-0.39, 0.29) is 23.1 Å². The van der Waals surface area contributed by atoms with Gasteiger partial charge in [-0.05, 0) is 49.2 Å². The first-order chi connectivity index (χ1) is 13.0. The largest absolute Gasteiger partial charge is 0.508 e. The molecule has 1 aliphatic heterocycles. The van der Waals surface area contributed by atoms with Gasteiger partial charge in [0.1, 0.15) is 23.1 Å². The van der Waals surface area contributed by atoms with Crippen molar-refractivity contribution in [3.8, 4) is 11.5 Å². The number of rotatable bonds is 4. The van der Waals surface area contributed by atoms with Crippen LogP contribution in [0.15, 0.2) is 36.4 Å². The van der Waals surface area contributed by atoms with Crippen molar-refractivity contribution in [2.24, 2.45) is 0 Å². The van der Waals surface area contributed by atoms with Gasteiger partial charge in [-0.2, -0.15) is 0 Å². The van der Waals surface area contributed by atoms with Crippen LogP contribution in [0.2, 0.25) is 0 Å². The quantitative estimate of drug-likeness (QED) is 0.850. The maximum atomic E-state index is 13.6. The molecule has 0 bridgehead atoms. The van der Waals surface area contributed by atoms with Crippen LogP contribution >= 0.6 is 0 Å². The Balaban J connectivity index is 1.55. The molecule has 0 spiro atoms. The molecule has 2 aliphatic rings. The SMILES string of the molecule is Oc1ccc(F)cc1CN1CN(Cc2cc(F)ccc2O)[C@H]2CCCC[C@H]21. The number of hydrogen-bond donors (Lipinski definition) is 2. The summed E-state index contributed by atoms with van der Waals surface area (Å²) in [6, 6.07) is 8.69. The molecule has 2 atom stereocenters. The summed E-state index contributed by atoms with van der Waals surface area (Å²) in [5, 5.41) is 20.2. The molecule has 0 amide bonds. The normalized spacial score (nSPS) is 23.5. The molecule has 0 radical (unpaired) electrons. The minimum Gasteiger partial charge on any atom is -0.508 e. The Labute approximate surface area is 157 Å². The Bertz CT molecular complexity index is 762. The van der Waals surface area contributed by atoms with Crippen LogP contribution in [0, 0.1) is 11.6 Å². The highest BCUT2D eigenvalue weighted by Gasteiger charge is 2.41. The van der Waals surface area contributed by atoms with E-state index < -0.39 is 0 Å². The topological polar surface area (TPSA) is 46.9 Å². The van der Waals surface area contributed by atoms with Crippen molar-refractivity contribution in [3.05, 3.63) is 59.2 Å². The lowest BCUT2D eigenvalue weighted by atomic mass is 9.90. The fraction of sp³-hybridized carbons (Fsp3) is 0.429. The van der Waals surface area contributed by atoms with Crippen molar-refractivity contribution in [2.45, 2.75) is 50.9 Å². The van der Waals surface area contributed by atoms with Crippen LogP contribution in [-0.2, 0) is 13.1 Å². The summed E-state index contributed by atoms with van der Waals surface area (Å²) in [7, 11) is 0. The van der Waals surface area contributed by atoms with E-state index in [0.717, 1.165) is 25.7 Å². The maximum absolute atomic E-state index is 13.6. The van der Waals surface area contributed by atoms with Gasteiger partial charge < -0.3 is 10.2 Å². The standard InChI is InChI=1S/C21H24F2N2O2/c22-16-5-7-20(26)14(9-16)11-24-13-25(19-4-2-1-3-18(19)24)12-15-10-17(23)6-8-21(15)27/h5-10,18-19,26-27H,1-4,11-13H2/t18-,19+. The van der Waals surface area contributed by atoms with E-state index in [2.05, 4.69) is 9.80 Å². The van der Waals surface area contributed by atoms with E-state index >= 15 is 0 Å². The lowest BCUT2D eigenvalue weighted by Gasteiger charge is -2.32. The van der Waals surface area contributed by atoms with Crippen LogP contribution in [0.5, 0.6) is 11.5 Å². The fourth-order valence-electron chi connectivity index (χ4n) is 4.52. The van der Waals surface area contributed by atoms with E-state index in [1.807, 2.05) is 0 Å². The summed E-state index contributed by atoms with van der Waals surface area (Å²) in [5.74, 6) is -0.512. The molecule has 4 nitrogen and oxygen atoms in total. The minimum absolute atomic E-state index is 0.102. The van der Waals surface area contributed by atoms with Gasteiger partial charge in [0.25, 0.3) is 0 Å². The number of fused-ring (bicyclic) bond motifs is 1. The van der Waals surface area contributed by atoms with Crippen molar-refractivity contribution < 1.29 is 19.0 Å². The first kappa shape index (κ1) is 18.2. The van der Waals surface area contributed by atoms with E-state index in [1.165, 1.54) is 36.4 Å². The highest BCUT2D eigenvalue weighted by molar-refractivity contribution is 5.34. The molecule has 2 aromatic carbocycles. The first-order valence-corrected chi connectivity index (χ1v) is 9.44. The predicted molar refractivity (Wildman–Crippen MR) is 98.1 cm³/mol. The average molecular weight is 374 g/mol. The van der Waals surface area contributed by atoms with Gasteiger partial charge in [0, 0.05) is 36.3 Å². The van der Waals surface area contributed by atoms with Gasteiger partial charge in [0.15, 0.2) is 0 Å². The number of aromatic hydroxyl groups is 2. The third-order valence-electron chi connectivity index (χ3n) is 5.83. The average Bonchev–Trinajstić information content (AvgIpc) is 2.99. The molecule has 0 aromatic heterocycles. The minimum atomic E-state index is -0.358. The number of phenolic OH excluding ortho intramolecular Hbond substituents is 2. The lowest BCUT2D eigenvalue weighted by molar-refractivity contribution is 0.196. The zero-order valence-electron chi connectivity index (χ0n) is 15.1. The summed E-state index contributed by atoms with van der Waals surface area (Å²) in [6.07, 6.45) is 4.39. The van der Waals surface area contributed by atoms with E-state index in [9.17, 15) is 19.0 Å². The summed E-state index contributed by atoms with van der Waals surface area (Å²) in [6.45, 7) is 1.58. The smallest absolute Gasteiger partial charge is 0.123 e. The molecule has 1 aliphatic carbocycles. The van der Waals surface area contributed by atoms with Gasteiger partial charge in [0.05, 0.1) is 6.67 Å². The molecule has 2 aromatic rings. The molecule has 4 rings (SSSR count). The van der Waals surface area contributed by atoms with Crippen LogP contribution in [0.3, 0.4) is 0 Å². The van der Waals surface area contributed by atoms with Crippen molar-refractivity contribution >= 4 is 0 Å². The van der Waals surface area contributed by atoms with Gasteiger partial charge >= 0.3 is 0 Å². The Kier molecular flexibility index (Phi) is 5.02. The molecular formula is C21H24F2N2O2. The van der Waals surface area contributed by atoms with Crippen LogP contribution in [0.4, 0.5) is 8.78 Å². The zero-order chi connectivity index (χ0) is 19.0. The number of benzene rings is 2. The van der Waals surface area contributed by atoms with Crippen molar-refractivity contribution in [1.29, 1.82) is 0 Å². The Hall–Kier alpha value is -2.18. The Morgan fingerprint density at radius 2 is 1.22 bits per heavy atom. The zero-order valence-corrected chi connectivity index (χ0v) is 15.1. The molecule has 2 fully saturated rings. The fourth-order valence-corrected chi connectivity index (χ4v) is 4.52. The van der Waals surface area contributed by atoms with Crippen LogP contribution in [0.1, 0.15) is 36.8 Å². The predicted octanol–water partition coefficient (Wildman–Crippen LogP) is 3.96. The van der Waals surface area contributed by atoms with Gasteiger partial charge in [-0.3, -0.25) is 9.80 Å². The summed E-state index contributed by atoms with van der Waals surface area (Å²) in [5.41, 5.74) is 1.16. The second-order valence-corrected chi connectivity index (χ2v) is 7.60. The van der Waals surface area contributed by atoms with E-state index in [1.54, 1.807) is 0 Å². The van der Waals surface area contributed by atoms with E-state index in [4.69, 9.17) is 0 Å². The molecule has 1 saturated heterocycles. The van der Waals surface area contributed by atoms with Gasteiger partial charge in [-0.25, -0.2) is 8.78 Å². The molecule has 6 heteroatoms. The molecular weight excluding hydrogens is 350 g/mol. The molecule has 1 saturated carbocycles. The number of phenols is 2. The number of hydrogen-bond acceptors (Lipinski definition) is 4. The molecule has 27 heavy (non-hydrogen) atoms. The first-order valence-electron chi connectivity index (χ1n) is 9.44. The van der Waals surface area contributed by atoms with Crippen molar-refractivity contribution in [3.63, 3.8) is 0 Å². The molecule has 144 valence electrons. The van der Waals surface area contributed by atoms with Gasteiger partial charge in [-0.1, -0.05) is 12.8 Å². The molecule has 2 N–H and O–H groups in total. The van der Waals surface area contributed by atoms with Gasteiger partial charge in [-0.15, -0.1) is 0 Å². The van der Waals surface area contributed by atoms with Gasteiger partial charge in [0.2, 0.25) is 0 Å². The van der Waals surface area contributed by atoms with Crippen molar-refractivity contribution in [1.82, 2.24) is 9.80 Å². The third-order valence-corrected chi connectivity index (χ3v) is 5.83. The highest BCUT2D eigenvalue weighted by atomic mass is 19.1. The summed E-state index contributed by atoms with van der Waals surface area (Å²) in [4.78, 5) is 4.52. The maximum Gasteiger partial charge on any atom is 0.123 e. The second-order valence-electron chi connectivity index (χ2n) is 7.60. The van der Waals surface area contributed by atoms with Crippen LogP contribution in [-0.4, -0.2) is 38.8 Å². The number of nitrogens with zero attached hydrogens (tertiary/aromatic N) is 2. The summed E-state index contributed by atoms with van der Waals surface area (Å²) < 4.78 is 27.2. The lowest BCUT2D eigenvalue weighted by Crippen LogP contribution is -2.39. The van der Waals surface area contributed by atoms with Crippen LogP contribution in [0.25, 0.3) is 0 Å². The second kappa shape index (κ2) is 7.44. The third kappa shape index (κ3) is 3.77.